The number of nitrogens with zero attached hydrogens (tertiary/aromatic N) is 2. The minimum Gasteiger partial charge on any atom is -0.375 e. The summed E-state index contributed by atoms with van der Waals surface area (Å²) in [5.74, 6) is 1.74. The summed E-state index contributed by atoms with van der Waals surface area (Å²) in [6.07, 6.45) is 0. The van der Waals surface area contributed by atoms with E-state index >= 15 is 0 Å². The summed E-state index contributed by atoms with van der Waals surface area (Å²) in [4.78, 5) is 4.19. The molecule has 0 aliphatic rings. The van der Waals surface area contributed by atoms with Gasteiger partial charge in [0.1, 0.15) is 5.76 Å². The van der Waals surface area contributed by atoms with Crippen LogP contribution in [0.15, 0.2) is 8.73 Å². The first-order chi connectivity index (χ1) is 7.58. The number of hydrogen-bond acceptors (Lipinski definition) is 6. The maximum absolute atomic E-state index is 5.65. The van der Waals surface area contributed by atoms with E-state index in [1.165, 1.54) is 11.3 Å². The van der Waals surface area contributed by atoms with Gasteiger partial charge in [0.15, 0.2) is 5.13 Å². The molecule has 2 aromatic rings. The normalized spacial score (nSPS) is 10.9. The highest BCUT2D eigenvalue weighted by Gasteiger charge is 2.11. The molecule has 0 saturated carbocycles. The second-order valence-corrected chi connectivity index (χ2v) is 5.79. The Morgan fingerprint density at radius 2 is 2.06 bits per heavy atom. The molecule has 2 heterocycles. The molecule has 6 heteroatoms. The lowest BCUT2D eigenvalue weighted by Gasteiger charge is -1.98. The zero-order valence-corrected chi connectivity index (χ0v) is 11.0. The second kappa shape index (κ2) is 4.47. The van der Waals surface area contributed by atoms with Crippen molar-refractivity contribution in [2.75, 3.05) is 5.73 Å². The van der Waals surface area contributed by atoms with E-state index in [4.69, 9.17) is 10.3 Å². The van der Waals surface area contributed by atoms with Gasteiger partial charge in [0, 0.05) is 11.3 Å². The van der Waals surface area contributed by atoms with E-state index < -0.39 is 0 Å². The van der Waals surface area contributed by atoms with E-state index in [0.717, 1.165) is 32.7 Å². The van der Waals surface area contributed by atoms with Gasteiger partial charge in [-0.15, -0.1) is 11.8 Å². The highest BCUT2D eigenvalue weighted by atomic mass is 32.2. The lowest BCUT2D eigenvalue weighted by molar-refractivity contribution is 0.392. The molecule has 0 aromatic carbocycles. The summed E-state index contributed by atoms with van der Waals surface area (Å²) in [6.45, 7) is 5.87. The van der Waals surface area contributed by atoms with Gasteiger partial charge in [0.05, 0.1) is 15.6 Å². The Kier molecular flexibility index (Phi) is 3.20. The first-order valence-corrected chi connectivity index (χ1v) is 6.65. The lowest BCUT2D eigenvalue weighted by atomic mass is 10.2. The number of nitrogen functional groups attached to an aromatic ring is 1. The third kappa shape index (κ3) is 2.22. The van der Waals surface area contributed by atoms with Gasteiger partial charge in [-0.3, -0.25) is 0 Å². The lowest BCUT2D eigenvalue weighted by Crippen LogP contribution is -1.84. The number of aromatic nitrogens is 2. The van der Waals surface area contributed by atoms with Crippen molar-refractivity contribution >= 4 is 28.2 Å². The minimum absolute atomic E-state index is 0.624. The summed E-state index contributed by atoms with van der Waals surface area (Å²) in [7, 11) is 0. The summed E-state index contributed by atoms with van der Waals surface area (Å²) < 4.78 is 6.28. The predicted octanol–water partition coefficient (Wildman–Crippen LogP) is 2.93. The highest BCUT2D eigenvalue weighted by molar-refractivity contribution is 8.00. The Morgan fingerprint density at radius 3 is 2.56 bits per heavy atom. The number of thiazole rings is 1. The van der Waals surface area contributed by atoms with Gasteiger partial charge in [0.25, 0.3) is 0 Å². The van der Waals surface area contributed by atoms with Crippen LogP contribution in [0.2, 0.25) is 0 Å². The van der Waals surface area contributed by atoms with Crippen molar-refractivity contribution in [2.24, 2.45) is 0 Å². The number of hydrogen-bond donors (Lipinski definition) is 1. The van der Waals surface area contributed by atoms with Crippen LogP contribution in [0, 0.1) is 20.8 Å². The van der Waals surface area contributed by atoms with Gasteiger partial charge in [-0.05, 0) is 20.8 Å². The number of nitrogens with two attached hydrogens (primary N) is 1. The Balaban J connectivity index is 2.11. The molecule has 0 unspecified atom stereocenters. The Hall–Kier alpha value is -1.01. The monoisotopic (exact) mass is 255 g/mol. The van der Waals surface area contributed by atoms with Crippen LogP contribution in [0.25, 0.3) is 0 Å². The Morgan fingerprint density at radius 1 is 1.31 bits per heavy atom. The van der Waals surface area contributed by atoms with Crippen molar-refractivity contribution in [3.8, 4) is 0 Å². The summed E-state index contributed by atoms with van der Waals surface area (Å²) >= 11 is 3.26. The molecule has 0 radical (unpaired) electrons. The Bertz CT molecular complexity index is 485. The largest absolute Gasteiger partial charge is 0.375 e. The quantitative estimate of drug-likeness (QED) is 0.854. The number of thioether (sulfide) groups is 1. The SMILES string of the molecule is Cc1nc(N)sc1SCc1c(C)noc1C. The first-order valence-electron chi connectivity index (χ1n) is 4.85. The summed E-state index contributed by atoms with van der Waals surface area (Å²) in [5, 5.41) is 4.55. The third-order valence-electron chi connectivity index (χ3n) is 2.30. The molecule has 0 aliphatic heterocycles. The van der Waals surface area contributed by atoms with Crippen LogP contribution >= 0.6 is 23.1 Å². The topological polar surface area (TPSA) is 64.9 Å². The molecule has 4 nitrogen and oxygen atoms in total. The summed E-state index contributed by atoms with van der Waals surface area (Å²) in [5.41, 5.74) is 8.77. The second-order valence-electron chi connectivity index (χ2n) is 3.52. The molecule has 0 aliphatic carbocycles. The van der Waals surface area contributed by atoms with E-state index in [1.54, 1.807) is 11.8 Å². The van der Waals surface area contributed by atoms with Gasteiger partial charge >= 0.3 is 0 Å². The van der Waals surface area contributed by atoms with E-state index in [1.807, 2.05) is 20.8 Å². The molecule has 0 saturated heterocycles. The van der Waals surface area contributed by atoms with Crippen molar-refractivity contribution < 1.29 is 4.52 Å². The smallest absolute Gasteiger partial charge is 0.181 e. The molecule has 16 heavy (non-hydrogen) atoms. The van der Waals surface area contributed by atoms with E-state index in [2.05, 4.69) is 10.1 Å². The third-order valence-corrected chi connectivity index (χ3v) is 4.67. The number of rotatable bonds is 3. The zero-order valence-electron chi connectivity index (χ0n) is 9.40. The standard InChI is InChI=1S/C10H13N3OS2/c1-5-8(7(3)14-13-5)4-15-9-6(2)12-10(11)16-9/h4H2,1-3H3,(H2,11,12). The van der Waals surface area contributed by atoms with Crippen LogP contribution in [0.5, 0.6) is 0 Å². The zero-order chi connectivity index (χ0) is 11.7. The maximum atomic E-state index is 5.65. The molecular weight excluding hydrogens is 242 g/mol. The molecule has 0 amide bonds. The molecule has 2 N–H and O–H groups in total. The van der Waals surface area contributed by atoms with Gasteiger partial charge < -0.3 is 10.3 Å². The average molecular weight is 255 g/mol. The molecule has 86 valence electrons. The van der Waals surface area contributed by atoms with Crippen LogP contribution < -0.4 is 5.73 Å². The fourth-order valence-electron chi connectivity index (χ4n) is 1.38. The maximum Gasteiger partial charge on any atom is 0.181 e. The van der Waals surface area contributed by atoms with E-state index in [0.29, 0.717) is 5.13 Å². The van der Waals surface area contributed by atoms with Crippen molar-refractivity contribution in [3.05, 3.63) is 22.7 Å². The van der Waals surface area contributed by atoms with Crippen molar-refractivity contribution in [3.63, 3.8) is 0 Å². The van der Waals surface area contributed by atoms with Gasteiger partial charge in [-0.1, -0.05) is 16.5 Å². The molecule has 0 spiro atoms. The van der Waals surface area contributed by atoms with E-state index in [-0.39, 0.29) is 0 Å². The van der Waals surface area contributed by atoms with Crippen LogP contribution in [0.1, 0.15) is 22.7 Å². The van der Waals surface area contributed by atoms with Gasteiger partial charge in [0.2, 0.25) is 0 Å². The molecule has 0 atom stereocenters. The average Bonchev–Trinajstić information content (AvgIpc) is 2.69. The van der Waals surface area contributed by atoms with Gasteiger partial charge in [-0.2, -0.15) is 0 Å². The van der Waals surface area contributed by atoms with Crippen LogP contribution in [-0.4, -0.2) is 10.1 Å². The van der Waals surface area contributed by atoms with Crippen molar-refractivity contribution in [2.45, 2.75) is 30.7 Å². The van der Waals surface area contributed by atoms with Crippen LogP contribution in [0.4, 0.5) is 5.13 Å². The van der Waals surface area contributed by atoms with Crippen molar-refractivity contribution in [1.82, 2.24) is 10.1 Å². The molecule has 2 aromatic heterocycles. The van der Waals surface area contributed by atoms with Crippen LogP contribution in [0.3, 0.4) is 0 Å². The summed E-state index contributed by atoms with van der Waals surface area (Å²) in [6, 6.07) is 0. The molecular formula is C10H13N3OS2. The fraction of sp³-hybridized carbons (Fsp3) is 0.400. The predicted molar refractivity (Wildman–Crippen MR) is 66.8 cm³/mol. The minimum atomic E-state index is 0.624. The van der Waals surface area contributed by atoms with Crippen molar-refractivity contribution in [1.29, 1.82) is 0 Å². The highest BCUT2D eigenvalue weighted by Crippen LogP contribution is 2.33. The first kappa shape index (κ1) is 11.5. The number of aryl methyl sites for hydroxylation is 3. The number of anilines is 1. The fourth-order valence-corrected chi connectivity index (χ4v) is 3.56. The van der Waals surface area contributed by atoms with E-state index in [9.17, 15) is 0 Å². The molecule has 2 rings (SSSR count). The van der Waals surface area contributed by atoms with Crippen LogP contribution in [-0.2, 0) is 5.75 Å². The molecule has 0 fully saturated rings. The van der Waals surface area contributed by atoms with Gasteiger partial charge in [-0.25, -0.2) is 4.98 Å². The molecule has 0 bridgehead atoms. The Labute approximate surface area is 102 Å².